The number of nitrogens with one attached hydrogen (secondary N) is 1. The van der Waals surface area contributed by atoms with Crippen LogP contribution in [0.25, 0.3) is 0 Å². The number of carbonyl (C=O) groups excluding carboxylic acids is 1. The molecule has 1 rings (SSSR count). The van der Waals surface area contributed by atoms with Gasteiger partial charge in [0.1, 0.15) is 0 Å². The second-order valence-corrected chi connectivity index (χ2v) is 4.53. The lowest BCUT2D eigenvalue weighted by Crippen LogP contribution is -2.50. The van der Waals surface area contributed by atoms with Gasteiger partial charge in [-0.25, -0.2) is 4.79 Å². The third-order valence-electron chi connectivity index (χ3n) is 3.19. The molecule has 0 bridgehead atoms. The predicted octanol–water partition coefficient (Wildman–Crippen LogP) is 0.825. The lowest BCUT2D eigenvalue weighted by molar-refractivity contribution is 0.110. The highest BCUT2D eigenvalue weighted by Crippen LogP contribution is 2.19. The van der Waals surface area contributed by atoms with Gasteiger partial charge in [-0.3, -0.25) is 0 Å². The van der Waals surface area contributed by atoms with E-state index in [1.165, 1.54) is 0 Å². The molecule has 0 radical (unpaired) electrons. The van der Waals surface area contributed by atoms with Crippen molar-refractivity contribution in [2.45, 2.75) is 32.7 Å². The summed E-state index contributed by atoms with van der Waals surface area (Å²) in [4.78, 5) is 13.7. The van der Waals surface area contributed by atoms with Gasteiger partial charge in [0.05, 0.1) is 6.61 Å². The fraction of sp³-hybridized carbons (Fsp3) is 0.917. The monoisotopic (exact) mass is 244 g/mol. The number of likely N-dealkylation sites (N-methyl/N-ethyl adjacent to an activating group) is 1. The Morgan fingerprint density at radius 2 is 2.24 bits per heavy atom. The van der Waals surface area contributed by atoms with Crippen LogP contribution < -0.4 is 5.32 Å². The Hall–Kier alpha value is -0.810. The van der Waals surface area contributed by atoms with Crippen LogP contribution in [0.2, 0.25) is 0 Å². The van der Waals surface area contributed by atoms with Crippen LogP contribution in [-0.4, -0.2) is 55.0 Å². The maximum Gasteiger partial charge on any atom is 0.407 e. The molecule has 1 amide bonds. The van der Waals surface area contributed by atoms with Crippen LogP contribution in [-0.2, 0) is 4.74 Å². The minimum atomic E-state index is -0.335. The third kappa shape index (κ3) is 4.91. The van der Waals surface area contributed by atoms with Crippen molar-refractivity contribution in [1.82, 2.24) is 10.2 Å². The van der Waals surface area contributed by atoms with Gasteiger partial charge in [-0.15, -0.1) is 0 Å². The molecule has 17 heavy (non-hydrogen) atoms. The van der Waals surface area contributed by atoms with Crippen LogP contribution >= 0.6 is 0 Å². The van der Waals surface area contributed by atoms with Gasteiger partial charge in [0.15, 0.2) is 0 Å². The number of amides is 1. The van der Waals surface area contributed by atoms with Gasteiger partial charge >= 0.3 is 6.09 Å². The number of aliphatic hydroxyl groups is 1. The Kier molecular flexibility index (Phi) is 6.29. The predicted molar refractivity (Wildman–Crippen MR) is 65.9 cm³/mol. The molecule has 5 heteroatoms. The Morgan fingerprint density at radius 3 is 2.82 bits per heavy atom. The number of rotatable bonds is 5. The average molecular weight is 244 g/mol. The van der Waals surface area contributed by atoms with Crippen LogP contribution in [0.4, 0.5) is 4.79 Å². The number of aliphatic hydroxyl groups excluding tert-OH is 1. The minimum absolute atomic E-state index is 0.138. The van der Waals surface area contributed by atoms with Crippen molar-refractivity contribution in [3.8, 4) is 0 Å². The minimum Gasteiger partial charge on any atom is -0.450 e. The molecule has 2 N–H and O–H groups in total. The molecule has 0 spiro atoms. The summed E-state index contributed by atoms with van der Waals surface area (Å²) in [7, 11) is 0. The Labute approximate surface area is 103 Å². The van der Waals surface area contributed by atoms with Crippen molar-refractivity contribution in [3.05, 3.63) is 0 Å². The summed E-state index contributed by atoms with van der Waals surface area (Å²) in [5, 5.41) is 11.9. The van der Waals surface area contributed by atoms with Crippen LogP contribution in [0.5, 0.6) is 0 Å². The number of hydrogen-bond donors (Lipinski definition) is 2. The number of ether oxygens (including phenoxy) is 1. The quantitative estimate of drug-likeness (QED) is 0.752. The number of carbonyl (C=O) groups is 1. The fourth-order valence-electron chi connectivity index (χ4n) is 2.40. The molecule has 1 aliphatic rings. The van der Waals surface area contributed by atoms with Crippen molar-refractivity contribution in [2.75, 3.05) is 32.8 Å². The van der Waals surface area contributed by atoms with E-state index in [2.05, 4.69) is 17.1 Å². The van der Waals surface area contributed by atoms with E-state index in [1.54, 1.807) is 6.92 Å². The van der Waals surface area contributed by atoms with Crippen molar-refractivity contribution in [1.29, 1.82) is 0 Å². The Bertz CT molecular complexity index is 236. The van der Waals surface area contributed by atoms with E-state index in [-0.39, 0.29) is 18.7 Å². The molecule has 2 unspecified atom stereocenters. The van der Waals surface area contributed by atoms with Crippen LogP contribution in [0, 0.1) is 5.92 Å². The molecule has 0 aromatic carbocycles. The zero-order valence-corrected chi connectivity index (χ0v) is 10.8. The molecule has 100 valence electrons. The summed E-state index contributed by atoms with van der Waals surface area (Å²) in [6, 6.07) is 0.138. The first kappa shape index (κ1) is 14.3. The van der Waals surface area contributed by atoms with Crippen molar-refractivity contribution in [3.63, 3.8) is 0 Å². The van der Waals surface area contributed by atoms with Gasteiger partial charge in [0.25, 0.3) is 0 Å². The van der Waals surface area contributed by atoms with Gasteiger partial charge in [-0.1, -0.05) is 6.92 Å². The molecular weight excluding hydrogens is 220 g/mol. The number of hydrogen-bond acceptors (Lipinski definition) is 4. The maximum atomic E-state index is 11.4. The van der Waals surface area contributed by atoms with Gasteiger partial charge in [-0.05, 0) is 32.2 Å². The lowest BCUT2D eigenvalue weighted by Gasteiger charge is -2.37. The molecule has 0 saturated carbocycles. The fourth-order valence-corrected chi connectivity index (χ4v) is 2.40. The zero-order valence-electron chi connectivity index (χ0n) is 10.8. The first-order valence-corrected chi connectivity index (χ1v) is 6.46. The van der Waals surface area contributed by atoms with Crippen molar-refractivity contribution < 1.29 is 14.6 Å². The largest absolute Gasteiger partial charge is 0.450 e. The number of nitrogens with zero attached hydrogens (tertiary/aromatic N) is 1. The normalized spacial score (nSPS) is 25.6. The maximum absolute atomic E-state index is 11.4. The molecule has 0 aromatic heterocycles. The average Bonchev–Trinajstić information content (AvgIpc) is 2.29. The second-order valence-electron chi connectivity index (χ2n) is 4.53. The molecule has 0 aromatic rings. The van der Waals surface area contributed by atoms with Gasteiger partial charge in [-0.2, -0.15) is 0 Å². The van der Waals surface area contributed by atoms with E-state index < -0.39 is 0 Å². The molecule has 1 fully saturated rings. The van der Waals surface area contributed by atoms with Crippen molar-refractivity contribution in [2.24, 2.45) is 5.92 Å². The van der Waals surface area contributed by atoms with E-state index in [0.717, 1.165) is 32.5 Å². The Balaban J connectivity index is 2.44. The summed E-state index contributed by atoms with van der Waals surface area (Å²) in [5.74, 6) is 0.459. The molecule has 1 heterocycles. The highest BCUT2D eigenvalue weighted by Gasteiger charge is 2.27. The summed E-state index contributed by atoms with van der Waals surface area (Å²) >= 11 is 0. The van der Waals surface area contributed by atoms with Crippen LogP contribution in [0.1, 0.15) is 26.7 Å². The first-order valence-electron chi connectivity index (χ1n) is 6.46. The third-order valence-corrected chi connectivity index (χ3v) is 3.19. The summed E-state index contributed by atoms with van der Waals surface area (Å²) in [5.41, 5.74) is 0. The van der Waals surface area contributed by atoms with E-state index in [0.29, 0.717) is 12.5 Å². The smallest absolute Gasteiger partial charge is 0.407 e. The van der Waals surface area contributed by atoms with Gasteiger partial charge in [0, 0.05) is 25.7 Å². The second kappa shape index (κ2) is 7.50. The Morgan fingerprint density at radius 1 is 1.47 bits per heavy atom. The standard InChI is InChI=1S/C12H24N2O3/c1-3-14-8-10(5-6-15)7-11(9-14)13-12(16)17-4-2/h10-11,15H,3-9H2,1-2H3,(H,13,16). The van der Waals surface area contributed by atoms with E-state index >= 15 is 0 Å². The molecular formula is C12H24N2O3. The number of piperidine rings is 1. The lowest BCUT2D eigenvalue weighted by atomic mass is 9.92. The van der Waals surface area contributed by atoms with Crippen molar-refractivity contribution >= 4 is 6.09 Å². The highest BCUT2D eigenvalue weighted by molar-refractivity contribution is 5.67. The van der Waals surface area contributed by atoms with E-state index in [4.69, 9.17) is 9.84 Å². The summed E-state index contributed by atoms with van der Waals surface area (Å²) in [6.07, 6.45) is 1.39. The van der Waals surface area contributed by atoms with E-state index in [1.807, 2.05) is 0 Å². The molecule has 5 nitrogen and oxygen atoms in total. The van der Waals surface area contributed by atoms with Gasteiger partial charge in [0.2, 0.25) is 0 Å². The number of likely N-dealkylation sites (tertiary alicyclic amines) is 1. The summed E-state index contributed by atoms with van der Waals surface area (Å²) in [6.45, 7) is 7.39. The topological polar surface area (TPSA) is 61.8 Å². The molecule has 2 atom stereocenters. The molecule has 1 aliphatic heterocycles. The van der Waals surface area contributed by atoms with Crippen LogP contribution in [0.15, 0.2) is 0 Å². The number of alkyl carbamates (subject to hydrolysis) is 1. The molecule has 0 aliphatic carbocycles. The first-order chi connectivity index (χ1) is 8.19. The summed E-state index contributed by atoms with van der Waals surface area (Å²) < 4.78 is 4.89. The van der Waals surface area contributed by atoms with E-state index in [9.17, 15) is 4.79 Å². The van der Waals surface area contributed by atoms with Crippen LogP contribution in [0.3, 0.4) is 0 Å². The SMILES string of the molecule is CCOC(=O)NC1CC(CCO)CN(CC)C1. The molecule has 1 saturated heterocycles. The van der Waals surface area contributed by atoms with Gasteiger partial charge < -0.3 is 20.1 Å². The highest BCUT2D eigenvalue weighted by atomic mass is 16.5. The zero-order chi connectivity index (χ0) is 12.7.